The van der Waals surface area contributed by atoms with Gasteiger partial charge in [-0.15, -0.1) is 0 Å². The summed E-state index contributed by atoms with van der Waals surface area (Å²) in [6.45, 7) is 2.45. The van der Waals surface area contributed by atoms with Gasteiger partial charge in [0.25, 0.3) is 5.91 Å². The molecule has 1 aromatic heterocycles. The van der Waals surface area contributed by atoms with Gasteiger partial charge >= 0.3 is 6.18 Å². The molecule has 1 rings (SSSR count). The summed E-state index contributed by atoms with van der Waals surface area (Å²) in [6.07, 6.45) is -2.79. The van der Waals surface area contributed by atoms with Crippen molar-refractivity contribution in [1.29, 1.82) is 0 Å². The zero-order valence-corrected chi connectivity index (χ0v) is 11.4. The Morgan fingerprint density at radius 2 is 2.10 bits per heavy atom. The van der Waals surface area contributed by atoms with Crippen LogP contribution in [-0.4, -0.2) is 34.4 Å². The molecule has 0 saturated heterocycles. The minimum atomic E-state index is -4.38. The minimum absolute atomic E-state index is 0.0362. The maximum Gasteiger partial charge on any atom is 0.406 e. The van der Waals surface area contributed by atoms with Crippen LogP contribution in [-0.2, 0) is 6.54 Å². The molecule has 1 aromatic rings. The molecule has 0 fully saturated rings. The van der Waals surface area contributed by atoms with Gasteiger partial charge in [0.1, 0.15) is 12.2 Å². The number of amides is 1. The number of nitrogens with one attached hydrogen (secondary N) is 1. The van der Waals surface area contributed by atoms with E-state index in [0.717, 1.165) is 4.57 Å². The number of nitrogens with zero attached hydrogens (tertiary/aromatic N) is 1. The van der Waals surface area contributed by atoms with E-state index in [0.29, 0.717) is 6.42 Å². The molecule has 0 radical (unpaired) electrons. The van der Waals surface area contributed by atoms with Crippen LogP contribution in [0.2, 0.25) is 0 Å². The molecule has 0 aliphatic heterocycles. The SMILES string of the molecule is CC(C)C(CCO)NC(=O)c1cccn1CC(F)(F)F. The third-order valence-electron chi connectivity index (χ3n) is 2.97. The minimum Gasteiger partial charge on any atom is -0.396 e. The van der Waals surface area contributed by atoms with E-state index in [2.05, 4.69) is 5.32 Å². The van der Waals surface area contributed by atoms with Crippen molar-refractivity contribution in [1.82, 2.24) is 9.88 Å². The van der Waals surface area contributed by atoms with Crippen LogP contribution in [0.15, 0.2) is 18.3 Å². The molecule has 0 bridgehead atoms. The molecule has 2 N–H and O–H groups in total. The van der Waals surface area contributed by atoms with Gasteiger partial charge in [0, 0.05) is 18.8 Å². The Hall–Kier alpha value is -1.50. The molecule has 0 spiro atoms. The number of hydrogen-bond acceptors (Lipinski definition) is 2. The van der Waals surface area contributed by atoms with Crippen LogP contribution in [0, 0.1) is 5.92 Å². The molecule has 0 aliphatic rings. The number of carbonyl (C=O) groups is 1. The van der Waals surface area contributed by atoms with Gasteiger partial charge in [0.15, 0.2) is 0 Å². The third kappa shape index (κ3) is 4.88. The van der Waals surface area contributed by atoms with Gasteiger partial charge in [-0.1, -0.05) is 13.8 Å². The van der Waals surface area contributed by atoms with Crippen LogP contribution < -0.4 is 5.32 Å². The van der Waals surface area contributed by atoms with Crippen molar-refractivity contribution in [2.75, 3.05) is 6.61 Å². The van der Waals surface area contributed by atoms with Gasteiger partial charge in [0.2, 0.25) is 0 Å². The molecule has 0 saturated carbocycles. The number of aromatic nitrogens is 1. The average molecular weight is 292 g/mol. The van der Waals surface area contributed by atoms with Crippen LogP contribution in [0.3, 0.4) is 0 Å². The van der Waals surface area contributed by atoms with E-state index in [9.17, 15) is 18.0 Å². The first-order chi connectivity index (χ1) is 9.24. The highest BCUT2D eigenvalue weighted by Crippen LogP contribution is 2.19. The Balaban J connectivity index is 2.80. The first kappa shape index (κ1) is 16.6. The highest BCUT2D eigenvalue weighted by atomic mass is 19.4. The lowest BCUT2D eigenvalue weighted by atomic mass is 10.0. The predicted octanol–water partition coefficient (Wildman–Crippen LogP) is 2.19. The van der Waals surface area contributed by atoms with Gasteiger partial charge in [-0.3, -0.25) is 4.79 Å². The summed E-state index contributed by atoms with van der Waals surface area (Å²) < 4.78 is 38.0. The Morgan fingerprint density at radius 1 is 1.45 bits per heavy atom. The molecule has 7 heteroatoms. The molecule has 114 valence electrons. The van der Waals surface area contributed by atoms with Crippen LogP contribution in [0.25, 0.3) is 0 Å². The molecule has 0 aliphatic carbocycles. The number of hydrogen-bond donors (Lipinski definition) is 2. The summed E-state index contributed by atoms with van der Waals surface area (Å²) in [6, 6.07) is 2.47. The number of halogens is 3. The monoisotopic (exact) mass is 292 g/mol. The zero-order chi connectivity index (χ0) is 15.3. The Bertz CT molecular complexity index is 441. The molecule has 1 amide bonds. The van der Waals surface area contributed by atoms with Crippen molar-refractivity contribution < 1.29 is 23.1 Å². The van der Waals surface area contributed by atoms with Crippen molar-refractivity contribution in [3.8, 4) is 0 Å². The van der Waals surface area contributed by atoms with Gasteiger partial charge < -0.3 is 15.0 Å². The van der Waals surface area contributed by atoms with Crippen molar-refractivity contribution in [2.45, 2.75) is 39.0 Å². The summed E-state index contributed by atoms with van der Waals surface area (Å²) in [4.78, 5) is 12.0. The van der Waals surface area contributed by atoms with Gasteiger partial charge in [-0.05, 0) is 24.5 Å². The molecular weight excluding hydrogens is 273 g/mol. The molecule has 1 atom stereocenters. The summed E-state index contributed by atoms with van der Waals surface area (Å²) in [7, 11) is 0. The summed E-state index contributed by atoms with van der Waals surface area (Å²) in [5, 5.41) is 11.6. The summed E-state index contributed by atoms with van der Waals surface area (Å²) in [5.74, 6) is -0.483. The average Bonchev–Trinajstić information content (AvgIpc) is 2.73. The fraction of sp³-hybridized carbons (Fsp3) is 0.615. The fourth-order valence-electron chi connectivity index (χ4n) is 1.90. The van der Waals surface area contributed by atoms with Gasteiger partial charge in [-0.25, -0.2) is 0 Å². The van der Waals surface area contributed by atoms with E-state index in [1.165, 1.54) is 18.3 Å². The van der Waals surface area contributed by atoms with E-state index in [-0.39, 0.29) is 24.3 Å². The Labute approximate surface area is 115 Å². The number of aliphatic hydroxyl groups is 1. The van der Waals surface area contributed by atoms with Crippen molar-refractivity contribution in [2.24, 2.45) is 5.92 Å². The number of aliphatic hydroxyl groups excluding tert-OH is 1. The molecule has 4 nitrogen and oxygen atoms in total. The van der Waals surface area contributed by atoms with Gasteiger partial charge in [0.05, 0.1) is 0 Å². The molecule has 20 heavy (non-hydrogen) atoms. The lowest BCUT2D eigenvalue weighted by molar-refractivity contribution is -0.140. The van der Waals surface area contributed by atoms with Crippen molar-refractivity contribution in [3.63, 3.8) is 0 Å². The maximum atomic E-state index is 12.4. The third-order valence-corrected chi connectivity index (χ3v) is 2.97. The standard InChI is InChI=1S/C13H19F3N2O2/c1-9(2)10(5-7-19)17-12(20)11-4-3-6-18(11)8-13(14,15)16/h3-4,6,9-10,19H,5,7-8H2,1-2H3,(H,17,20). The van der Waals surface area contributed by atoms with Crippen LogP contribution in [0.5, 0.6) is 0 Å². The van der Waals surface area contributed by atoms with Crippen LogP contribution in [0.4, 0.5) is 13.2 Å². The highest BCUT2D eigenvalue weighted by molar-refractivity contribution is 5.92. The van der Waals surface area contributed by atoms with Crippen LogP contribution >= 0.6 is 0 Å². The molecule has 0 aromatic carbocycles. The summed E-state index contributed by atoms with van der Waals surface area (Å²) >= 11 is 0. The Morgan fingerprint density at radius 3 is 2.60 bits per heavy atom. The second-order valence-corrected chi connectivity index (χ2v) is 4.97. The molecule has 1 heterocycles. The number of alkyl halides is 3. The van der Waals surface area contributed by atoms with E-state index in [1.807, 2.05) is 13.8 Å². The van der Waals surface area contributed by atoms with Crippen LogP contribution in [0.1, 0.15) is 30.8 Å². The van der Waals surface area contributed by atoms with Gasteiger partial charge in [-0.2, -0.15) is 13.2 Å². The zero-order valence-electron chi connectivity index (χ0n) is 11.4. The topological polar surface area (TPSA) is 54.3 Å². The second kappa shape index (κ2) is 6.78. The Kier molecular flexibility index (Phi) is 5.62. The largest absolute Gasteiger partial charge is 0.406 e. The maximum absolute atomic E-state index is 12.4. The fourth-order valence-corrected chi connectivity index (χ4v) is 1.90. The first-order valence-corrected chi connectivity index (χ1v) is 6.38. The predicted molar refractivity (Wildman–Crippen MR) is 68.3 cm³/mol. The smallest absolute Gasteiger partial charge is 0.396 e. The van der Waals surface area contributed by atoms with E-state index in [4.69, 9.17) is 5.11 Å². The van der Waals surface area contributed by atoms with E-state index < -0.39 is 18.6 Å². The highest BCUT2D eigenvalue weighted by Gasteiger charge is 2.29. The molecular formula is C13H19F3N2O2. The summed E-state index contributed by atoms with van der Waals surface area (Å²) in [5.41, 5.74) is -0.0362. The first-order valence-electron chi connectivity index (χ1n) is 6.38. The molecule has 1 unspecified atom stereocenters. The lowest BCUT2D eigenvalue weighted by Gasteiger charge is -2.22. The quantitative estimate of drug-likeness (QED) is 0.844. The second-order valence-electron chi connectivity index (χ2n) is 4.97. The number of rotatable bonds is 6. The van der Waals surface area contributed by atoms with E-state index >= 15 is 0 Å². The van der Waals surface area contributed by atoms with Crippen molar-refractivity contribution in [3.05, 3.63) is 24.0 Å². The number of carbonyl (C=O) groups excluding carboxylic acids is 1. The lowest BCUT2D eigenvalue weighted by Crippen LogP contribution is -2.40. The van der Waals surface area contributed by atoms with Crippen molar-refractivity contribution >= 4 is 5.91 Å². The normalized spacial score (nSPS) is 13.6. The van der Waals surface area contributed by atoms with E-state index in [1.54, 1.807) is 0 Å².